The van der Waals surface area contributed by atoms with Crippen LogP contribution in [0.25, 0.3) is 21.8 Å². The molecule has 0 atom stereocenters. The summed E-state index contributed by atoms with van der Waals surface area (Å²) in [6.07, 6.45) is 1.50. The lowest BCUT2D eigenvalue weighted by Gasteiger charge is -1.98. The fourth-order valence-corrected chi connectivity index (χ4v) is 2.10. The highest BCUT2D eigenvalue weighted by Crippen LogP contribution is 2.29. The number of nitrogens with one attached hydrogen (secondary N) is 1. The Hall–Kier alpha value is -2.56. The largest absolute Gasteiger partial charge is 0.497 e. The second-order valence-electron chi connectivity index (χ2n) is 3.92. The Morgan fingerprint density at radius 2 is 2.17 bits per heavy atom. The summed E-state index contributed by atoms with van der Waals surface area (Å²) in [6, 6.07) is 7.38. The number of rotatable bonds is 2. The minimum absolute atomic E-state index is 0.0302. The molecule has 0 unspecified atom stereocenters. The number of ether oxygens (including phenoxy) is 1. The Balaban J connectivity index is 2.42. The van der Waals surface area contributed by atoms with Gasteiger partial charge in [-0.3, -0.25) is 0 Å². The summed E-state index contributed by atoms with van der Waals surface area (Å²) in [6.45, 7) is 0. The molecule has 0 aliphatic rings. The van der Waals surface area contributed by atoms with Gasteiger partial charge in [0.05, 0.1) is 18.1 Å². The van der Waals surface area contributed by atoms with Gasteiger partial charge in [0.25, 0.3) is 0 Å². The smallest absolute Gasteiger partial charge is 0.356 e. The molecule has 0 saturated carbocycles. The van der Waals surface area contributed by atoms with Crippen LogP contribution < -0.4 is 4.74 Å². The zero-order chi connectivity index (χ0) is 12.7. The number of hydrogen-bond donors (Lipinski definition) is 2. The van der Waals surface area contributed by atoms with E-state index in [2.05, 4.69) is 9.97 Å². The maximum absolute atomic E-state index is 11.1. The third-order valence-corrected chi connectivity index (χ3v) is 2.93. The minimum atomic E-state index is -1.04. The van der Waals surface area contributed by atoms with E-state index in [-0.39, 0.29) is 5.69 Å². The van der Waals surface area contributed by atoms with Gasteiger partial charge in [0.1, 0.15) is 5.75 Å². The van der Waals surface area contributed by atoms with E-state index in [0.717, 1.165) is 22.0 Å². The lowest BCUT2D eigenvalue weighted by Crippen LogP contribution is -2.00. The van der Waals surface area contributed by atoms with E-state index in [4.69, 9.17) is 9.84 Å². The zero-order valence-corrected chi connectivity index (χ0v) is 9.60. The average molecular weight is 242 g/mol. The van der Waals surface area contributed by atoms with Crippen molar-refractivity contribution in [2.75, 3.05) is 7.11 Å². The normalized spacial score (nSPS) is 10.9. The van der Waals surface area contributed by atoms with Crippen LogP contribution in [-0.2, 0) is 0 Å². The molecule has 0 spiro atoms. The second-order valence-corrected chi connectivity index (χ2v) is 3.92. The zero-order valence-electron chi connectivity index (χ0n) is 9.60. The van der Waals surface area contributed by atoms with Gasteiger partial charge in [-0.05, 0) is 18.2 Å². The molecule has 2 aromatic heterocycles. The van der Waals surface area contributed by atoms with Crippen molar-refractivity contribution in [3.63, 3.8) is 0 Å². The summed E-state index contributed by atoms with van der Waals surface area (Å²) in [5.41, 5.74) is 1.40. The highest BCUT2D eigenvalue weighted by Gasteiger charge is 2.14. The molecule has 0 aliphatic heterocycles. The molecule has 18 heavy (non-hydrogen) atoms. The van der Waals surface area contributed by atoms with Crippen LogP contribution in [0.15, 0.2) is 30.5 Å². The molecule has 2 N–H and O–H groups in total. The van der Waals surface area contributed by atoms with Gasteiger partial charge in [0.2, 0.25) is 0 Å². The lowest BCUT2D eigenvalue weighted by molar-refractivity contribution is 0.0692. The van der Waals surface area contributed by atoms with Crippen LogP contribution >= 0.6 is 0 Å². The molecule has 3 rings (SSSR count). The third kappa shape index (κ3) is 1.41. The molecule has 1 aromatic carbocycles. The molecular weight excluding hydrogens is 232 g/mol. The quantitative estimate of drug-likeness (QED) is 0.723. The van der Waals surface area contributed by atoms with Gasteiger partial charge in [-0.1, -0.05) is 0 Å². The van der Waals surface area contributed by atoms with Gasteiger partial charge in [-0.2, -0.15) is 0 Å². The van der Waals surface area contributed by atoms with Crippen LogP contribution in [0.4, 0.5) is 0 Å². The third-order valence-electron chi connectivity index (χ3n) is 2.93. The maximum Gasteiger partial charge on any atom is 0.356 e. The Kier molecular flexibility index (Phi) is 2.19. The van der Waals surface area contributed by atoms with Crippen LogP contribution in [0.5, 0.6) is 5.75 Å². The van der Waals surface area contributed by atoms with Crippen molar-refractivity contribution in [2.24, 2.45) is 0 Å². The van der Waals surface area contributed by atoms with E-state index in [9.17, 15) is 4.79 Å². The number of carbonyl (C=O) groups is 1. The van der Waals surface area contributed by atoms with E-state index >= 15 is 0 Å². The highest BCUT2D eigenvalue weighted by atomic mass is 16.5. The first kappa shape index (κ1) is 10.6. The predicted molar refractivity (Wildman–Crippen MR) is 67.1 cm³/mol. The number of carboxylic acids is 1. The monoisotopic (exact) mass is 242 g/mol. The standard InChI is InChI=1S/C13H10N2O3/c1-18-7-2-3-8-9-4-5-14-12(13(16)17)11(9)15-10(8)6-7/h2-6,15H,1H3,(H,16,17). The van der Waals surface area contributed by atoms with Crippen molar-refractivity contribution >= 4 is 27.8 Å². The van der Waals surface area contributed by atoms with E-state index in [1.807, 2.05) is 18.2 Å². The number of benzene rings is 1. The van der Waals surface area contributed by atoms with Crippen molar-refractivity contribution in [1.82, 2.24) is 9.97 Å². The number of fused-ring (bicyclic) bond motifs is 3. The van der Waals surface area contributed by atoms with Crippen LogP contribution in [0.1, 0.15) is 10.5 Å². The van der Waals surface area contributed by atoms with Crippen molar-refractivity contribution in [3.05, 3.63) is 36.2 Å². The summed E-state index contributed by atoms with van der Waals surface area (Å²) in [5.74, 6) is -0.321. The predicted octanol–water partition coefficient (Wildman–Crippen LogP) is 2.42. The molecular formula is C13H10N2O3. The molecule has 0 aliphatic carbocycles. The fraction of sp³-hybridized carbons (Fsp3) is 0.0769. The number of aromatic carboxylic acids is 1. The van der Waals surface area contributed by atoms with Gasteiger partial charge in [-0.25, -0.2) is 9.78 Å². The number of H-pyrrole nitrogens is 1. The van der Waals surface area contributed by atoms with Gasteiger partial charge in [0, 0.05) is 23.0 Å². The number of aromatic amines is 1. The van der Waals surface area contributed by atoms with Crippen LogP contribution in [0.3, 0.4) is 0 Å². The van der Waals surface area contributed by atoms with Gasteiger partial charge in [0.15, 0.2) is 5.69 Å². The second kappa shape index (κ2) is 3.73. The molecule has 3 aromatic rings. The Labute approximate surface area is 102 Å². The summed E-state index contributed by atoms with van der Waals surface area (Å²) in [5, 5.41) is 10.9. The van der Waals surface area contributed by atoms with E-state index in [1.54, 1.807) is 13.2 Å². The molecule has 5 nitrogen and oxygen atoms in total. The van der Waals surface area contributed by atoms with E-state index in [0.29, 0.717) is 5.52 Å². The summed E-state index contributed by atoms with van der Waals surface area (Å²) in [7, 11) is 1.59. The maximum atomic E-state index is 11.1. The summed E-state index contributed by atoms with van der Waals surface area (Å²) >= 11 is 0. The summed E-state index contributed by atoms with van der Waals surface area (Å²) < 4.78 is 5.14. The first-order chi connectivity index (χ1) is 8.70. The molecule has 0 amide bonds. The minimum Gasteiger partial charge on any atom is -0.497 e. The lowest BCUT2D eigenvalue weighted by atomic mass is 10.1. The van der Waals surface area contributed by atoms with Crippen LogP contribution in [-0.4, -0.2) is 28.2 Å². The van der Waals surface area contributed by atoms with Gasteiger partial charge in [-0.15, -0.1) is 0 Å². The topological polar surface area (TPSA) is 75.2 Å². The first-order valence-electron chi connectivity index (χ1n) is 5.38. The van der Waals surface area contributed by atoms with Crippen LogP contribution in [0, 0.1) is 0 Å². The van der Waals surface area contributed by atoms with Crippen molar-refractivity contribution < 1.29 is 14.6 Å². The Bertz CT molecular complexity index is 761. The van der Waals surface area contributed by atoms with E-state index < -0.39 is 5.97 Å². The SMILES string of the molecule is COc1ccc2c(c1)[nH]c1c(C(=O)O)nccc12. The van der Waals surface area contributed by atoms with Crippen molar-refractivity contribution in [1.29, 1.82) is 0 Å². The van der Waals surface area contributed by atoms with E-state index in [1.165, 1.54) is 6.20 Å². The Morgan fingerprint density at radius 3 is 2.89 bits per heavy atom. The first-order valence-corrected chi connectivity index (χ1v) is 5.38. The molecule has 90 valence electrons. The number of nitrogens with zero attached hydrogens (tertiary/aromatic N) is 1. The summed E-state index contributed by atoms with van der Waals surface area (Å²) in [4.78, 5) is 18.1. The molecule has 0 radical (unpaired) electrons. The number of aromatic nitrogens is 2. The molecule has 2 heterocycles. The fourth-order valence-electron chi connectivity index (χ4n) is 2.10. The van der Waals surface area contributed by atoms with Crippen molar-refractivity contribution in [3.8, 4) is 5.75 Å². The van der Waals surface area contributed by atoms with Gasteiger partial charge >= 0.3 is 5.97 Å². The number of carboxylic acid groups (broad SMARTS) is 1. The van der Waals surface area contributed by atoms with Crippen molar-refractivity contribution in [2.45, 2.75) is 0 Å². The van der Waals surface area contributed by atoms with Crippen LogP contribution in [0.2, 0.25) is 0 Å². The molecule has 0 fully saturated rings. The van der Waals surface area contributed by atoms with Gasteiger partial charge < -0.3 is 14.8 Å². The Morgan fingerprint density at radius 1 is 1.33 bits per heavy atom. The average Bonchev–Trinajstić information content (AvgIpc) is 2.75. The highest BCUT2D eigenvalue weighted by molar-refractivity contribution is 6.12. The number of pyridine rings is 1. The molecule has 0 saturated heterocycles. The number of hydrogen-bond acceptors (Lipinski definition) is 3. The molecule has 0 bridgehead atoms. The molecule has 5 heteroatoms. The number of methoxy groups -OCH3 is 1.